The second-order valence-electron chi connectivity index (χ2n) is 5.90. The number of benzene rings is 1. The van der Waals surface area contributed by atoms with Crippen molar-refractivity contribution < 1.29 is 14.1 Å². The Kier molecular flexibility index (Phi) is 4.89. The summed E-state index contributed by atoms with van der Waals surface area (Å²) >= 11 is 6.15. The first-order valence-electron chi connectivity index (χ1n) is 7.79. The van der Waals surface area contributed by atoms with Crippen molar-refractivity contribution in [3.8, 4) is 0 Å². The Morgan fingerprint density at radius 1 is 1.48 bits per heavy atom. The lowest BCUT2D eigenvalue weighted by Crippen LogP contribution is -2.44. The van der Waals surface area contributed by atoms with E-state index in [2.05, 4.69) is 15.5 Å². The van der Waals surface area contributed by atoms with Crippen molar-refractivity contribution in [2.75, 3.05) is 18.5 Å². The number of hydrogen-bond acceptors (Lipinski definition) is 5. The monoisotopic (exact) mass is 363 g/mol. The number of halogens is 1. The molecule has 2 heterocycles. The third kappa shape index (κ3) is 3.90. The summed E-state index contributed by atoms with van der Waals surface area (Å²) in [6.07, 6.45) is 0.227. The molecule has 2 aromatic rings. The van der Waals surface area contributed by atoms with Gasteiger partial charge < -0.3 is 19.6 Å². The van der Waals surface area contributed by atoms with Crippen LogP contribution in [0.15, 0.2) is 28.8 Å². The molecule has 0 saturated carbocycles. The van der Waals surface area contributed by atoms with Crippen LogP contribution in [-0.2, 0) is 11.3 Å². The third-order valence-corrected chi connectivity index (χ3v) is 4.20. The fourth-order valence-electron chi connectivity index (χ4n) is 2.67. The maximum absolute atomic E-state index is 12.3. The molecular formula is C16H18ClN5O3. The summed E-state index contributed by atoms with van der Waals surface area (Å²) in [6, 6.07) is 6.54. The first kappa shape index (κ1) is 17.2. The number of nitrogens with zero attached hydrogens (tertiary/aromatic N) is 4. The second kappa shape index (κ2) is 7.10. The van der Waals surface area contributed by atoms with Crippen molar-refractivity contribution in [2.45, 2.75) is 25.9 Å². The van der Waals surface area contributed by atoms with Crippen LogP contribution in [0, 0.1) is 6.92 Å². The number of para-hydroxylation sites is 1. The van der Waals surface area contributed by atoms with E-state index >= 15 is 0 Å². The lowest BCUT2D eigenvalue weighted by molar-refractivity contribution is -0.117. The van der Waals surface area contributed by atoms with Crippen LogP contribution >= 0.6 is 11.6 Å². The number of amides is 3. The summed E-state index contributed by atoms with van der Waals surface area (Å²) in [5.41, 5.74) is 0.653. The predicted molar refractivity (Wildman–Crippen MR) is 91.2 cm³/mol. The van der Waals surface area contributed by atoms with Gasteiger partial charge in [0.1, 0.15) is 6.54 Å². The van der Waals surface area contributed by atoms with E-state index < -0.39 is 0 Å². The van der Waals surface area contributed by atoms with Crippen molar-refractivity contribution >= 4 is 29.2 Å². The molecule has 1 atom stereocenters. The van der Waals surface area contributed by atoms with Gasteiger partial charge in [0.15, 0.2) is 5.82 Å². The average Bonchev–Trinajstić information content (AvgIpc) is 3.13. The van der Waals surface area contributed by atoms with Gasteiger partial charge in [0.05, 0.1) is 16.8 Å². The summed E-state index contributed by atoms with van der Waals surface area (Å²) in [6.45, 7) is 2.28. The molecule has 1 saturated heterocycles. The van der Waals surface area contributed by atoms with Crippen LogP contribution in [0.1, 0.15) is 18.1 Å². The molecule has 1 aliphatic heterocycles. The van der Waals surface area contributed by atoms with E-state index in [9.17, 15) is 9.59 Å². The van der Waals surface area contributed by atoms with E-state index in [4.69, 9.17) is 16.1 Å². The topological polar surface area (TPSA) is 91.6 Å². The van der Waals surface area contributed by atoms with Crippen molar-refractivity contribution in [3.63, 3.8) is 0 Å². The zero-order chi connectivity index (χ0) is 18.0. The highest BCUT2D eigenvalue weighted by Crippen LogP contribution is 2.29. The highest BCUT2D eigenvalue weighted by atomic mass is 35.5. The molecule has 1 fully saturated rings. The van der Waals surface area contributed by atoms with Crippen LogP contribution in [0.5, 0.6) is 0 Å². The van der Waals surface area contributed by atoms with Gasteiger partial charge in [-0.25, -0.2) is 4.79 Å². The van der Waals surface area contributed by atoms with Gasteiger partial charge in [-0.05, 0) is 19.1 Å². The third-order valence-electron chi connectivity index (χ3n) is 3.88. The molecule has 0 unspecified atom stereocenters. The second-order valence-corrected chi connectivity index (χ2v) is 6.30. The minimum absolute atomic E-state index is 0.0754. The van der Waals surface area contributed by atoms with Gasteiger partial charge in [0.25, 0.3) is 0 Å². The van der Waals surface area contributed by atoms with Crippen molar-refractivity contribution in [2.24, 2.45) is 0 Å². The maximum Gasteiger partial charge on any atom is 0.317 e. The van der Waals surface area contributed by atoms with E-state index in [1.165, 1.54) is 4.90 Å². The Morgan fingerprint density at radius 3 is 2.92 bits per heavy atom. The van der Waals surface area contributed by atoms with E-state index in [-0.39, 0.29) is 30.9 Å². The standard InChI is InChI=1S/C16H18ClN5O3/c1-10-18-14(25-20-10)9-21(2)16(24)19-11-7-15(23)22(8-11)13-6-4-3-5-12(13)17/h3-6,11H,7-9H2,1-2H3,(H,19,24)/t11-/m0/s1. The Balaban J connectivity index is 1.59. The molecule has 1 N–H and O–H groups in total. The molecule has 0 radical (unpaired) electrons. The molecule has 0 aliphatic carbocycles. The number of carbonyl (C=O) groups is 2. The van der Waals surface area contributed by atoms with Gasteiger partial charge >= 0.3 is 6.03 Å². The SMILES string of the molecule is Cc1noc(CN(C)C(=O)N[C@H]2CC(=O)N(c3ccccc3Cl)C2)n1. The molecule has 0 bridgehead atoms. The van der Waals surface area contributed by atoms with E-state index in [0.717, 1.165) is 0 Å². The number of anilines is 1. The molecule has 1 aromatic carbocycles. The summed E-state index contributed by atoms with van der Waals surface area (Å²) in [7, 11) is 1.62. The molecule has 9 heteroatoms. The van der Waals surface area contributed by atoms with Gasteiger partial charge in [0, 0.05) is 20.0 Å². The molecule has 3 amide bonds. The number of hydrogen-bond donors (Lipinski definition) is 1. The van der Waals surface area contributed by atoms with Crippen molar-refractivity contribution in [3.05, 3.63) is 41.0 Å². The fraction of sp³-hybridized carbons (Fsp3) is 0.375. The molecule has 1 aliphatic rings. The van der Waals surface area contributed by atoms with E-state index in [1.54, 1.807) is 37.1 Å². The molecular weight excluding hydrogens is 346 g/mol. The van der Waals surface area contributed by atoms with E-state index in [1.807, 2.05) is 6.07 Å². The van der Waals surface area contributed by atoms with E-state index in [0.29, 0.717) is 29.0 Å². The molecule has 0 spiro atoms. The number of urea groups is 1. The van der Waals surface area contributed by atoms with Gasteiger partial charge in [-0.1, -0.05) is 28.9 Å². The molecule has 3 rings (SSSR count). The maximum atomic E-state index is 12.3. The van der Waals surface area contributed by atoms with Crippen LogP contribution in [-0.4, -0.2) is 46.6 Å². The Hall–Kier alpha value is -2.61. The fourth-order valence-corrected chi connectivity index (χ4v) is 2.91. The summed E-state index contributed by atoms with van der Waals surface area (Å²) < 4.78 is 5.00. The minimum atomic E-state index is -0.310. The first-order chi connectivity index (χ1) is 11.9. The Bertz CT molecular complexity index is 794. The predicted octanol–water partition coefficient (Wildman–Crippen LogP) is 1.98. The Labute approximate surface area is 149 Å². The number of aromatic nitrogens is 2. The van der Waals surface area contributed by atoms with Gasteiger partial charge in [-0.3, -0.25) is 4.79 Å². The van der Waals surface area contributed by atoms with Crippen LogP contribution in [0.25, 0.3) is 0 Å². The number of carbonyl (C=O) groups excluding carboxylic acids is 2. The minimum Gasteiger partial charge on any atom is -0.337 e. The van der Waals surface area contributed by atoms with Crippen molar-refractivity contribution in [1.29, 1.82) is 0 Å². The first-order valence-corrected chi connectivity index (χ1v) is 8.17. The summed E-state index contributed by atoms with van der Waals surface area (Å²) in [4.78, 5) is 31.6. The van der Waals surface area contributed by atoms with Gasteiger partial charge in [-0.2, -0.15) is 4.98 Å². The molecule has 25 heavy (non-hydrogen) atoms. The van der Waals surface area contributed by atoms with Crippen LogP contribution in [0.2, 0.25) is 5.02 Å². The normalized spacial score (nSPS) is 17.0. The largest absolute Gasteiger partial charge is 0.337 e. The van der Waals surface area contributed by atoms with Crippen LogP contribution < -0.4 is 10.2 Å². The lowest BCUT2D eigenvalue weighted by Gasteiger charge is -2.20. The van der Waals surface area contributed by atoms with Gasteiger partial charge in [-0.15, -0.1) is 0 Å². The van der Waals surface area contributed by atoms with Crippen LogP contribution in [0.3, 0.4) is 0 Å². The van der Waals surface area contributed by atoms with Gasteiger partial charge in [0.2, 0.25) is 11.8 Å². The quantitative estimate of drug-likeness (QED) is 0.896. The smallest absolute Gasteiger partial charge is 0.317 e. The van der Waals surface area contributed by atoms with Crippen LogP contribution in [0.4, 0.5) is 10.5 Å². The number of nitrogens with one attached hydrogen (secondary N) is 1. The number of rotatable bonds is 4. The molecule has 1 aromatic heterocycles. The molecule has 8 nitrogen and oxygen atoms in total. The zero-order valence-corrected chi connectivity index (χ0v) is 14.7. The zero-order valence-electron chi connectivity index (χ0n) is 13.9. The highest BCUT2D eigenvalue weighted by molar-refractivity contribution is 6.33. The lowest BCUT2D eigenvalue weighted by atomic mass is 10.2. The average molecular weight is 364 g/mol. The highest BCUT2D eigenvalue weighted by Gasteiger charge is 2.33. The summed E-state index contributed by atoms with van der Waals surface area (Å²) in [5.74, 6) is 0.796. The molecule has 132 valence electrons. The van der Waals surface area contributed by atoms with Crippen molar-refractivity contribution in [1.82, 2.24) is 20.4 Å². The Morgan fingerprint density at radius 2 is 2.24 bits per heavy atom. The summed E-state index contributed by atoms with van der Waals surface area (Å²) in [5, 5.41) is 7.04. The number of aryl methyl sites for hydroxylation is 1.